The lowest BCUT2D eigenvalue weighted by atomic mass is 10.3. The third-order valence-electron chi connectivity index (χ3n) is 1.46. The molecule has 0 unspecified atom stereocenters. The number of nitrogen functional groups attached to an aromatic ring is 1. The van der Waals surface area contributed by atoms with E-state index in [-0.39, 0.29) is 17.1 Å². The summed E-state index contributed by atoms with van der Waals surface area (Å²) in [7, 11) is 0. The van der Waals surface area contributed by atoms with Crippen molar-refractivity contribution in [2.24, 2.45) is 5.16 Å². The Morgan fingerprint density at radius 1 is 1.47 bits per heavy atom. The van der Waals surface area contributed by atoms with E-state index < -0.39 is 4.92 Å². The van der Waals surface area contributed by atoms with Crippen LogP contribution in [-0.4, -0.2) is 10.6 Å². The first-order valence-electron chi connectivity index (χ1n) is 4.22. The summed E-state index contributed by atoms with van der Waals surface area (Å²) in [6.07, 6.45) is 0. The lowest BCUT2D eigenvalue weighted by molar-refractivity contribution is -0.384. The smallest absolute Gasteiger partial charge is 0.275 e. The fourth-order valence-electron chi connectivity index (χ4n) is 0.908. The molecule has 0 saturated heterocycles. The van der Waals surface area contributed by atoms with Crippen LogP contribution in [0, 0.1) is 10.1 Å². The van der Waals surface area contributed by atoms with E-state index in [0.717, 1.165) is 0 Å². The van der Waals surface area contributed by atoms with Crippen LogP contribution in [-0.2, 0) is 0 Å². The Hall–Kier alpha value is -2.11. The molecule has 6 heteroatoms. The summed E-state index contributed by atoms with van der Waals surface area (Å²) >= 11 is 0. The number of nitro groups is 1. The van der Waals surface area contributed by atoms with Crippen LogP contribution in [0.2, 0.25) is 0 Å². The number of nitrogens with zero attached hydrogens (tertiary/aromatic N) is 2. The minimum Gasteiger partial charge on any atom is -0.398 e. The van der Waals surface area contributed by atoms with Crippen LogP contribution in [0.4, 0.5) is 11.4 Å². The zero-order valence-corrected chi connectivity index (χ0v) is 8.43. The molecule has 1 aromatic carbocycles. The molecule has 0 aromatic heterocycles. The van der Waals surface area contributed by atoms with Crippen LogP contribution in [0.5, 0.6) is 5.75 Å². The molecule has 0 aliphatic carbocycles. The number of nitrogens with two attached hydrogens (primary N) is 1. The molecule has 2 N–H and O–H groups in total. The van der Waals surface area contributed by atoms with Crippen molar-refractivity contribution in [1.29, 1.82) is 0 Å². The van der Waals surface area contributed by atoms with Gasteiger partial charge in [0.2, 0.25) is 0 Å². The van der Waals surface area contributed by atoms with Gasteiger partial charge in [-0.05, 0) is 13.8 Å². The fourth-order valence-corrected chi connectivity index (χ4v) is 0.908. The van der Waals surface area contributed by atoms with Gasteiger partial charge in [-0.15, -0.1) is 0 Å². The Bertz CT molecular complexity index is 411. The van der Waals surface area contributed by atoms with E-state index in [2.05, 4.69) is 5.16 Å². The number of hydrogen-bond donors (Lipinski definition) is 1. The summed E-state index contributed by atoms with van der Waals surface area (Å²) in [4.78, 5) is 14.9. The molecule has 0 amide bonds. The Morgan fingerprint density at radius 2 is 2.13 bits per heavy atom. The van der Waals surface area contributed by atoms with Crippen LogP contribution in [0.1, 0.15) is 13.8 Å². The highest BCUT2D eigenvalue weighted by Crippen LogP contribution is 2.24. The molecule has 0 aliphatic heterocycles. The van der Waals surface area contributed by atoms with Crippen molar-refractivity contribution in [3.63, 3.8) is 0 Å². The summed E-state index contributed by atoms with van der Waals surface area (Å²) in [6.45, 7) is 3.50. The maximum atomic E-state index is 10.5. The van der Waals surface area contributed by atoms with Crippen LogP contribution in [0.25, 0.3) is 0 Å². The molecule has 0 atom stereocenters. The zero-order valence-electron chi connectivity index (χ0n) is 8.43. The van der Waals surface area contributed by atoms with E-state index in [1.54, 1.807) is 13.8 Å². The molecule has 0 saturated carbocycles. The van der Waals surface area contributed by atoms with Crippen LogP contribution < -0.4 is 10.6 Å². The SMILES string of the molecule is CC(C)=NOc1cc(N)cc([N+](=O)[O-])c1. The van der Waals surface area contributed by atoms with Gasteiger partial charge in [0.1, 0.15) is 0 Å². The molecule has 1 aromatic rings. The Morgan fingerprint density at radius 3 is 2.67 bits per heavy atom. The third kappa shape index (κ3) is 3.26. The standard InChI is InChI=1S/C9H11N3O3/c1-6(2)11-15-9-4-7(10)3-8(5-9)12(13)14/h3-5H,10H2,1-2H3. The van der Waals surface area contributed by atoms with Crippen molar-refractivity contribution >= 4 is 17.1 Å². The summed E-state index contributed by atoms with van der Waals surface area (Å²) < 4.78 is 0. The molecule has 0 radical (unpaired) electrons. The second-order valence-electron chi connectivity index (χ2n) is 3.15. The molecule has 1 rings (SSSR count). The first-order chi connectivity index (χ1) is 6.99. The number of benzene rings is 1. The highest BCUT2D eigenvalue weighted by Gasteiger charge is 2.09. The molecule has 0 fully saturated rings. The fraction of sp³-hybridized carbons (Fsp3) is 0.222. The predicted molar refractivity (Wildman–Crippen MR) is 56.9 cm³/mol. The van der Waals surface area contributed by atoms with E-state index in [1.165, 1.54) is 18.2 Å². The maximum absolute atomic E-state index is 10.5. The average molecular weight is 209 g/mol. The van der Waals surface area contributed by atoms with E-state index in [1.807, 2.05) is 0 Å². The van der Waals surface area contributed by atoms with Gasteiger partial charge >= 0.3 is 0 Å². The van der Waals surface area contributed by atoms with Crippen molar-refractivity contribution < 1.29 is 9.76 Å². The normalized spacial score (nSPS) is 9.47. The van der Waals surface area contributed by atoms with Crippen molar-refractivity contribution in [2.45, 2.75) is 13.8 Å². The van der Waals surface area contributed by atoms with Crippen molar-refractivity contribution in [3.8, 4) is 5.75 Å². The van der Waals surface area contributed by atoms with Crippen molar-refractivity contribution in [2.75, 3.05) is 5.73 Å². The number of oxime groups is 1. The van der Waals surface area contributed by atoms with Gasteiger partial charge in [0.25, 0.3) is 5.69 Å². The zero-order chi connectivity index (χ0) is 11.4. The molecule has 0 spiro atoms. The van der Waals surface area contributed by atoms with Gasteiger partial charge in [-0.25, -0.2) is 0 Å². The Labute approximate surface area is 86.5 Å². The van der Waals surface area contributed by atoms with Gasteiger partial charge in [0.05, 0.1) is 16.7 Å². The largest absolute Gasteiger partial charge is 0.398 e. The van der Waals surface area contributed by atoms with E-state index in [4.69, 9.17) is 10.6 Å². The molecule has 15 heavy (non-hydrogen) atoms. The third-order valence-corrected chi connectivity index (χ3v) is 1.46. The van der Waals surface area contributed by atoms with Crippen molar-refractivity contribution in [3.05, 3.63) is 28.3 Å². The second-order valence-corrected chi connectivity index (χ2v) is 3.15. The topological polar surface area (TPSA) is 90.8 Å². The minimum atomic E-state index is -0.536. The number of non-ortho nitro benzene ring substituents is 1. The summed E-state index contributed by atoms with van der Waals surface area (Å²) in [6, 6.07) is 4.00. The lowest BCUT2D eigenvalue weighted by Crippen LogP contribution is -1.94. The number of anilines is 1. The van der Waals surface area contributed by atoms with Crippen molar-refractivity contribution in [1.82, 2.24) is 0 Å². The Balaban J connectivity index is 2.99. The minimum absolute atomic E-state index is 0.117. The van der Waals surface area contributed by atoms with Crippen LogP contribution in [0.15, 0.2) is 23.4 Å². The highest BCUT2D eigenvalue weighted by molar-refractivity contribution is 5.78. The van der Waals surface area contributed by atoms with Gasteiger partial charge in [-0.2, -0.15) is 0 Å². The monoisotopic (exact) mass is 209 g/mol. The average Bonchev–Trinajstić information content (AvgIpc) is 2.13. The first-order valence-corrected chi connectivity index (χ1v) is 4.22. The van der Waals surface area contributed by atoms with Crippen LogP contribution in [0.3, 0.4) is 0 Å². The van der Waals surface area contributed by atoms with E-state index in [0.29, 0.717) is 5.71 Å². The van der Waals surface area contributed by atoms with E-state index in [9.17, 15) is 10.1 Å². The first kappa shape index (κ1) is 11.0. The number of rotatable bonds is 3. The maximum Gasteiger partial charge on any atom is 0.275 e. The highest BCUT2D eigenvalue weighted by atomic mass is 16.6. The molecular formula is C9H11N3O3. The number of nitro benzene ring substituents is 1. The van der Waals surface area contributed by atoms with Gasteiger partial charge in [0, 0.05) is 17.8 Å². The molecule has 80 valence electrons. The van der Waals surface area contributed by atoms with Crippen LogP contribution >= 0.6 is 0 Å². The van der Waals surface area contributed by atoms with Gasteiger partial charge in [0.15, 0.2) is 5.75 Å². The summed E-state index contributed by atoms with van der Waals surface area (Å²) in [5, 5.41) is 14.2. The van der Waals surface area contributed by atoms with Gasteiger partial charge in [-0.3, -0.25) is 10.1 Å². The van der Waals surface area contributed by atoms with Gasteiger partial charge < -0.3 is 10.6 Å². The number of hydrogen-bond acceptors (Lipinski definition) is 5. The molecule has 0 aliphatic rings. The molecule has 6 nitrogen and oxygen atoms in total. The molecule has 0 heterocycles. The lowest BCUT2D eigenvalue weighted by Gasteiger charge is -2.00. The summed E-state index contributed by atoms with van der Waals surface area (Å²) in [5.74, 6) is 0.253. The van der Waals surface area contributed by atoms with E-state index >= 15 is 0 Å². The molecule has 0 bridgehead atoms. The molecular weight excluding hydrogens is 198 g/mol. The predicted octanol–water partition coefficient (Wildman–Crippen LogP) is 1.95. The summed E-state index contributed by atoms with van der Waals surface area (Å²) in [5.41, 5.74) is 6.33. The van der Waals surface area contributed by atoms with Gasteiger partial charge in [-0.1, -0.05) is 5.16 Å². The quantitative estimate of drug-likeness (QED) is 0.356. The second kappa shape index (κ2) is 4.41. The Kier molecular flexibility index (Phi) is 3.22.